The minimum absolute atomic E-state index is 0. The molecule has 0 saturated heterocycles. The third kappa shape index (κ3) is 8.36. The average molecular weight is 521 g/mol. The minimum atomic E-state index is -3.27. The molecule has 2 rings (SSSR count). The van der Waals surface area contributed by atoms with Crippen molar-refractivity contribution in [3.05, 3.63) is 36.5 Å². The summed E-state index contributed by atoms with van der Waals surface area (Å²) in [7, 11) is -3.27. The molecule has 7 nitrogen and oxygen atoms in total. The van der Waals surface area contributed by atoms with Gasteiger partial charge in [-0.2, -0.15) is 0 Å². The summed E-state index contributed by atoms with van der Waals surface area (Å²) in [5.74, 6) is 0.693. The van der Waals surface area contributed by atoms with Crippen LogP contribution in [0.1, 0.15) is 27.2 Å². The maximum absolute atomic E-state index is 11.4. The first-order valence-electron chi connectivity index (χ1n) is 9.25. The Labute approximate surface area is 185 Å². The van der Waals surface area contributed by atoms with Crippen LogP contribution in [-0.2, 0) is 16.6 Å². The van der Waals surface area contributed by atoms with Gasteiger partial charge in [0.2, 0.25) is 10.0 Å². The van der Waals surface area contributed by atoms with E-state index in [1.807, 2.05) is 26.8 Å². The van der Waals surface area contributed by atoms with Crippen molar-refractivity contribution in [3.63, 3.8) is 0 Å². The van der Waals surface area contributed by atoms with Gasteiger partial charge in [-0.3, -0.25) is 4.99 Å². The van der Waals surface area contributed by atoms with Gasteiger partial charge in [-0.25, -0.2) is 13.1 Å². The van der Waals surface area contributed by atoms with E-state index < -0.39 is 15.6 Å². The lowest BCUT2D eigenvalue weighted by Crippen LogP contribution is -2.46. The molecule has 158 valence electrons. The number of rotatable bonds is 9. The lowest BCUT2D eigenvalue weighted by atomic mass is 10.1. The summed E-state index contributed by atoms with van der Waals surface area (Å²) < 4.78 is 27.7. The van der Waals surface area contributed by atoms with Crippen LogP contribution in [0.25, 0.3) is 10.9 Å². The van der Waals surface area contributed by atoms with Crippen molar-refractivity contribution in [2.24, 2.45) is 4.99 Å². The molecule has 0 radical (unpaired) electrons. The van der Waals surface area contributed by atoms with Crippen molar-refractivity contribution in [3.8, 4) is 0 Å². The lowest BCUT2D eigenvalue weighted by Gasteiger charge is -2.23. The first-order chi connectivity index (χ1) is 12.7. The van der Waals surface area contributed by atoms with Crippen LogP contribution in [0.2, 0.25) is 0 Å². The normalized spacial score (nSPS) is 12.6. The summed E-state index contributed by atoms with van der Waals surface area (Å²) >= 11 is 0. The molecule has 0 aliphatic rings. The Bertz CT molecular complexity index is 877. The zero-order valence-corrected chi connectivity index (χ0v) is 20.2. The Morgan fingerprint density at radius 2 is 1.89 bits per heavy atom. The maximum Gasteiger partial charge on any atom is 0.209 e. The topological polar surface area (TPSA) is 87.5 Å². The number of sulfonamides is 1. The van der Waals surface area contributed by atoms with Gasteiger partial charge in [-0.15, -0.1) is 24.0 Å². The monoisotopic (exact) mass is 521 g/mol. The molecular weight excluding hydrogens is 489 g/mol. The van der Waals surface area contributed by atoms with E-state index in [1.165, 1.54) is 10.9 Å². The Morgan fingerprint density at radius 1 is 1.18 bits per heavy atom. The van der Waals surface area contributed by atoms with E-state index in [4.69, 9.17) is 0 Å². The van der Waals surface area contributed by atoms with Gasteiger partial charge >= 0.3 is 0 Å². The van der Waals surface area contributed by atoms with E-state index in [9.17, 15) is 8.42 Å². The number of halogens is 1. The first-order valence-corrected chi connectivity index (χ1v) is 11.1. The summed E-state index contributed by atoms with van der Waals surface area (Å²) in [5.41, 5.74) is 0.603. The maximum atomic E-state index is 11.4. The highest BCUT2D eigenvalue weighted by Gasteiger charge is 2.21. The largest absolute Gasteiger partial charge is 0.357 e. The molecule has 0 aliphatic carbocycles. The molecule has 1 aromatic heterocycles. The fraction of sp³-hybridized carbons (Fsp3) is 0.526. The number of nitrogens with zero attached hydrogens (tertiary/aromatic N) is 2. The van der Waals surface area contributed by atoms with E-state index in [-0.39, 0.29) is 24.0 Å². The molecule has 1 aromatic carbocycles. The number of aliphatic imine (C=N–C) groups is 1. The summed E-state index contributed by atoms with van der Waals surface area (Å²) in [5, 5.41) is 7.76. The molecule has 0 unspecified atom stereocenters. The van der Waals surface area contributed by atoms with Crippen LogP contribution in [0, 0.1) is 0 Å². The van der Waals surface area contributed by atoms with Crippen LogP contribution in [0.3, 0.4) is 0 Å². The molecule has 0 atom stereocenters. The molecule has 0 aliphatic heterocycles. The number of hydrogen-bond acceptors (Lipinski definition) is 3. The molecule has 28 heavy (non-hydrogen) atoms. The summed E-state index contributed by atoms with van der Waals surface area (Å²) in [6.07, 6.45) is 4.23. The third-order valence-corrected chi connectivity index (χ3v) is 4.91. The van der Waals surface area contributed by atoms with E-state index in [1.54, 1.807) is 0 Å². The standard InChI is InChI=1S/C19H31N5O2S.HI/c1-5-20-18(22-15-19(2,3)23-27(4,25)26)21-12-8-13-24-14-11-16-9-6-7-10-17(16)24;/h6-7,9-11,14,23H,5,8,12-13,15H2,1-4H3,(H2,20,21,22);1H. The van der Waals surface area contributed by atoms with Crippen molar-refractivity contribution in [2.75, 3.05) is 25.9 Å². The number of guanidine groups is 1. The summed E-state index contributed by atoms with van der Waals surface area (Å²) in [6.45, 7) is 8.42. The van der Waals surface area contributed by atoms with Gasteiger partial charge in [0.15, 0.2) is 5.96 Å². The molecule has 0 bridgehead atoms. The van der Waals surface area contributed by atoms with Crippen molar-refractivity contribution < 1.29 is 8.42 Å². The zero-order valence-electron chi connectivity index (χ0n) is 17.0. The van der Waals surface area contributed by atoms with Crippen LogP contribution in [0.5, 0.6) is 0 Å². The first kappa shape index (κ1) is 24.7. The van der Waals surface area contributed by atoms with Crippen molar-refractivity contribution >= 4 is 50.9 Å². The van der Waals surface area contributed by atoms with E-state index >= 15 is 0 Å². The second kappa shape index (κ2) is 11.0. The fourth-order valence-electron chi connectivity index (χ4n) is 2.94. The number of aryl methyl sites for hydroxylation is 1. The number of para-hydroxylation sites is 1. The highest BCUT2D eigenvalue weighted by Crippen LogP contribution is 2.15. The predicted molar refractivity (Wildman–Crippen MR) is 128 cm³/mol. The van der Waals surface area contributed by atoms with Crippen LogP contribution < -0.4 is 15.4 Å². The van der Waals surface area contributed by atoms with Gasteiger partial charge in [-0.05, 0) is 44.7 Å². The number of aromatic nitrogens is 1. The SMILES string of the molecule is CCNC(=NCC(C)(C)NS(C)(=O)=O)NCCCn1ccc2ccccc21.I. The lowest BCUT2D eigenvalue weighted by molar-refractivity contribution is 0.464. The molecule has 0 amide bonds. The Morgan fingerprint density at radius 3 is 2.57 bits per heavy atom. The van der Waals surface area contributed by atoms with Gasteiger partial charge in [0.1, 0.15) is 0 Å². The Hall–Kier alpha value is -1.33. The van der Waals surface area contributed by atoms with E-state index in [0.717, 1.165) is 32.3 Å². The molecule has 2 aromatic rings. The molecular formula is C19H32IN5O2S. The number of benzene rings is 1. The van der Waals surface area contributed by atoms with Crippen molar-refractivity contribution in [2.45, 2.75) is 39.3 Å². The van der Waals surface area contributed by atoms with Gasteiger partial charge < -0.3 is 15.2 Å². The number of hydrogen-bond donors (Lipinski definition) is 3. The quantitative estimate of drug-likeness (QED) is 0.205. The zero-order chi connectivity index (χ0) is 19.9. The van der Waals surface area contributed by atoms with Crippen LogP contribution in [-0.4, -0.2) is 50.4 Å². The molecule has 1 heterocycles. The average Bonchev–Trinajstić information content (AvgIpc) is 2.97. The highest BCUT2D eigenvalue weighted by atomic mass is 127. The predicted octanol–water partition coefficient (Wildman–Crippen LogP) is 2.53. The molecule has 9 heteroatoms. The number of nitrogens with one attached hydrogen (secondary N) is 3. The molecule has 0 spiro atoms. The van der Waals surface area contributed by atoms with Crippen LogP contribution >= 0.6 is 24.0 Å². The molecule has 3 N–H and O–H groups in total. The Balaban J connectivity index is 0.00000392. The van der Waals surface area contributed by atoms with Gasteiger partial charge in [0, 0.05) is 36.9 Å². The summed E-state index contributed by atoms with van der Waals surface area (Å²) in [6, 6.07) is 10.5. The molecule has 0 saturated carbocycles. The third-order valence-electron chi connectivity index (χ3n) is 3.99. The molecule has 0 fully saturated rings. The Kier molecular flexibility index (Phi) is 9.72. The van der Waals surface area contributed by atoms with Crippen LogP contribution in [0.15, 0.2) is 41.5 Å². The van der Waals surface area contributed by atoms with Gasteiger partial charge in [0.05, 0.1) is 12.8 Å². The fourth-order valence-corrected chi connectivity index (χ4v) is 4.01. The van der Waals surface area contributed by atoms with Gasteiger partial charge in [0.25, 0.3) is 0 Å². The van der Waals surface area contributed by atoms with Crippen molar-refractivity contribution in [1.29, 1.82) is 0 Å². The van der Waals surface area contributed by atoms with Gasteiger partial charge in [-0.1, -0.05) is 18.2 Å². The minimum Gasteiger partial charge on any atom is -0.357 e. The van der Waals surface area contributed by atoms with Crippen LogP contribution in [0.4, 0.5) is 0 Å². The second-order valence-corrected chi connectivity index (χ2v) is 9.05. The second-order valence-electron chi connectivity index (χ2n) is 7.30. The highest BCUT2D eigenvalue weighted by molar-refractivity contribution is 14.0. The van der Waals surface area contributed by atoms with E-state index in [0.29, 0.717) is 12.5 Å². The smallest absolute Gasteiger partial charge is 0.209 e. The van der Waals surface area contributed by atoms with E-state index in [2.05, 4.69) is 55.4 Å². The summed E-state index contributed by atoms with van der Waals surface area (Å²) in [4.78, 5) is 4.51. The van der Waals surface area contributed by atoms with Crippen molar-refractivity contribution in [1.82, 2.24) is 19.9 Å². The number of fused-ring (bicyclic) bond motifs is 1.